The number of hydrogen-bond acceptors (Lipinski definition) is 2. The van der Waals surface area contributed by atoms with E-state index in [9.17, 15) is 0 Å². The molecule has 0 aromatic rings. The van der Waals surface area contributed by atoms with E-state index in [1.807, 2.05) is 0 Å². The van der Waals surface area contributed by atoms with Gasteiger partial charge in [0.05, 0.1) is 7.11 Å². The van der Waals surface area contributed by atoms with Crippen molar-refractivity contribution in [3.8, 4) is 0 Å². The quantitative estimate of drug-likeness (QED) is 0.727. The fourth-order valence-electron chi connectivity index (χ4n) is 5.54. The van der Waals surface area contributed by atoms with Crippen LogP contribution < -0.4 is 5.73 Å². The molecule has 0 bridgehead atoms. The summed E-state index contributed by atoms with van der Waals surface area (Å²) in [6.07, 6.45) is 20.6. The summed E-state index contributed by atoms with van der Waals surface area (Å²) in [6.45, 7) is 2.24. The first-order valence-corrected chi connectivity index (χ1v) is 10.4. The molecular weight excluding hydrogens is 294 g/mol. The van der Waals surface area contributed by atoms with Crippen molar-refractivity contribution in [1.82, 2.24) is 0 Å². The van der Waals surface area contributed by atoms with Crippen molar-refractivity contribution in [1.29, 1.82) is 0 Å². The Kier molecular flexibility index (Phi) is 6.43. The molecule has 0 saturated heterocycles. The zero-order valence-electron chi connectivity index (χ0n) is 15.8. The van der Waals surface area contributed by atoms with E-state index in [4.69, 9.17) is 10.5 Å². The van der Waals surface area contributed by atoms with Gasteiger partial charge in [-0.1, -0.05) is 13.0 Å². The average molecular weight is 332 g/mol. The Morgan fingerprint density at radius 1 is 1.00 bits per heavy atom. The van der Waals surface area contributed by atoms with Crippen LogP contribution in [0.15, 0.2) is 24.0 Å². The largest absolute Gasteiger partial charge is 0.497 e. The molecule has 2 nitrogen and oxygen atoms in total. The lowest BCUT2D eigenvalue weighted by atomic mass is 9.66. The van der Waals surface area contributed by atoms with Crippen LogP contribution in [0.3, 0.4) is 0 Å². The van der Waals surface area contributed by atoms with Gasteiger partial charge in [-0.05, 0) is 106 Å². The van der Waals surface area contributed by atoms with Crippen LogP contribution >= 0.6 is 0 Å². The van der Waals surface area contributed by atoms with Crippen LogP contribution in [0.2, 0.25) is 0 Å². The molecule has 3 rings (SSSR count). The highest BCUT2D eigenvalue weighted by Gasteiger charge is 2.33. The molecule has 2 atom stereocenters. The SMILES string of the molecule is CCC(N)C1CCC(C2CCC(C3C=CC(OC)=CC3)CC2)CC1. The number of methoxy groups -OCH3 is 1. The molecule has 136 valence electrons. The Balaban J connectivity index is 1.42. The van der Waals surface area contributed by atoms with Crippen LogP contribution in [-0.4, -0.2) is 13.2 Å². The lowest BCUT2D eigenvalue weighted by Crippen LogP contribution is -2.34. The molecule has 0 aromatic heterocycles. The second kappa shape index (κ2) is 8.56. The van der Waals surface area contributed by atoms with Gasteiger partial charge in [-0.3, -0.25) is 0 Å². The molecule has 2 N–H and O–H groups in total. The molecule has 2 saturated carbocycles. The summed E-state index contributed by atoms with van der Waals surface area (Å²) in [4.78, 5) is 0. The van der Waals surface area contributed by atoms with Crippen LogP contribution in [0.5, 0.6) is 0 Å². The van der Waals surface area contributed by atoms with Crippen molar-refractivity contribution in [3.63, 3.8) is 0 Å². The summed E-state index contributed by atoms with van der Waals surface area (Å²) >= 11 is 0. The van der Waals surface area contributed by atoms with E-state index in [1.165, 1.54) is 57.8 Å². The number of rotatable bonds is 5. The summed E-state index contributed by atoms with van der Waals surface area (Å²) in [5, 5.41) is 0. The molecule has 0 aromatic carbocycles. The standard InChI is InChI=1S/C22H37NO/c1-3-22(23)20-10-8-18(9-11-20)16-4-6-17(7-5-16)19-12-14-21(24-2)15-13-19/h12,14-20,22H,3-11,13,23H2,1-2H3. The summed E-state index contributed by atoms with van der Waals surface area (Å²) < 4.78 is 5.32. The van der Waals surface area contributed by atoms with Crippen LogP contribution in [-0.2, 0) is 4.74 Å². The molecule has 0 amide bonds. The molecule has 0 heterocycles. The molecule has 3 aliphatic carbocycles. The third kappa shape index (κ3) is 4.25. The summed E-state index contributed by atoms with van der Waals surface area (Å²) in [5.41, 5.74) is 6.27. The average Bonchev–Trinajstić information content (AvgIpc) is 2.68. The number of nitrogens with two attached hydrogens (primary N) is 1. The second-order valence-corrected chi connectivity index (χ2v) is 8.49. The van der Waals surface area contributed by atoms with Gasteiger partial charge in [-0.2, -0.15) is 0 Å². The molecule has 2 heteroatoms. The van der Waals surface area contributed by atoms with Crippen LogP contribution in [0.4, 0.5) is 0 Å². The van der Waals surface area contributed by atoms with Crippen molar-refractivity contribution in [2.75, 3.05) is 7.11 Å². The van der Waals surface area contributed by atoms with Crippen molar-refractivity contribution >= 4 is 0 Å². The van der Waals surface area contributed by atoms with E-state index in [0.29, 0.717) is 6.04 Å². The molecule has 24 heavy (non-hydrogen) atoms. The molecular formula is C22H37NO. The van der Waals surface area contributed by atoms with Gasteiger partial charge in [0.25, 0.3) is 0 Å². The first-order valence-electron chi connectivity index (χ1n) is 10.4. The van der Waals surface area contributed by atoms with Crippen LogP contribution in [0, 0.1) is 29.6 Å². The minimum Gasteiger partial charge on any atom is -0.497 e. The monoisotopic (exact) mass is 331 g/mol. The Morgan fingerprint density at radius 2 is 1.58 bits per heavy atom. The topological polar surface area (TPSA) is 35.2 Å². The van der Waals surface area contributed by atoms with E-state index in [1.54, 1.807) is 7.11 Å². The van der Waals surface area contributed by atoms with E-state index in [-0.39, 0.29) is 0 Å². The van der Waals surface area contributed by atoms with Gasteiger partial charge in [0, 0.05) is 6.04 Å². The summed E-state index contributed by atoms with van der Waals surface area (Å²) in [5.74, 6) is 5.49. The Hall–Kier alpha value is -0.760. The first-order chi connectivity index (χ1) is 11.7. The van der Waals surface area contributed by atoms with Crippen molar-refractivity contribution in [3.05, 3.63) is 24.0 Å². The lowest BCUT2D eigenvalue weighted by molar-refractivity contribution is 0.126. The molecule has 3 aliphatic rings. The van der Waals surface area contributed by atoms with E-state index in [2.05, 4.69) is 25.2 Å². The van der Waals surface area contributed by atoms with Gasteiger partial charge >= 0.3 is 0 Å². The highest BCUT2D eigenvalue weighted by atomic mass is 16.5. The molecule has 0 aliphatic heterocycles. The van der Waals surface area contributed by atoms with Gasteiger partial charge in [0.1, 0.15) is 5.76 Å². The third-order valence-electron chi connectivity index (χ3n) is 7.32. The smallest absolute Gasteiger partial charge is 0.114 e. The van der Waals surface area contributed by atoms with Crippen molar-refractivity contribution < 1.29 is 4.74 Å². The molecule has 2 fully saturated rings. The minimum absolute atomic E-state index is 0.449. The Bertz CT molecular complexity index is 439. The summed E-state index contributed by atoms with van der Waals surface area (Å²) in [7, 11) is 1.77. The minimum atomic E-state index is 0.449. The van der Waals surface area contributed by atoms with E-state index in [0.717, 1.165) is 41.8 Å². The number of hydrogen-bond donors (Lipinski definition) is 1. The highest BCUT2D eigenvalue weighted by Crippen LogP contribution is 2.44. The van der Waals surface area contributed by atoms with Crippen molar-refractivity contribution in [2.24, 2.45) is 35.3 Å². The van der Waals surface area contributed by atoms with Gasteiger partial charge in [-0.25, -0.2) is 0 Å². The van der Waals surface area contributed by atoms with Gasteiger partial charge < -0.3 is 10.5 Å². The maximum atomic E-state index is 6.27. The number of ether oxygens (including phenoxy) is 1. The van der Waals surface area contributed by atoms with Gasteiger partial charge in [0.15, 0.2) is 0 Å². The fourth-order valence-corrected chi connectivity index (χ4v) is 5.54. The summed E-state index contributed by atoms with van der Waals surface area (Å²) in [6, 6.07) is 0.449. The predicted molar refractivity (Wildman–Crippen MR) is 102 cm³/mol. The molecule has 0 radical (unpaired) electrons. The van der Waals surface area contributed by atoms with Gasteiger partial charge in [0.2, 0.25) is 0 Å². The maximum Gasteiger partial charge on any atom is 0.114 e. The zero-order chi connectivity index (χ0) is 16.9. The fraction of sp³-hybridized carbons (Fsp3) is 0.818. The molecule has 2 unspecified atom stereocenters. The van der Waals surface area contributed by atoms with Crippen LogP contribution in [0.1, 0.15) is 71.1 Å². The molecule has 0 spiro atoms. The van der Waals surface area contributed by atoms with E-state index < -0.39 is 0 Å². The lowest BCUT2D eigenvalue weighted by Gasteiger charge is -2.40. The third-order valence-corrected chi connectivity index (χ3v) is 7.32. The van der Waals surface area contributed by atoms with Crippen molar-refractivity contribution in [2.45, 2.75) is 77.2 Å². The Labute approximate surface area is 148 Å². The Morgan fingerprint density at radius 3 is 2.08 bits per heavy atom. The van der Waals surface area contributed by atoms with E-state index >= 15 is 0 Å². The maximum absolute atomic E-state index is 6.27. The van der Waals surface area contributed by atoms with Crippen LogP contribution in [0.25, 0.3) is 0 Å². The highest BCUT2D eigenvalue weighted by molar-refractivity contribution is 5.18. The van der Waals surface area contributed by atoms with Gasteiger partial charge in [-0.15, -0.1) is 0 Å². The number of allylic oxidation sites excluding steroid dienone is 3. The normalized spacial score (nSPS) is 38.5. The second-order valence-electron chi connectivity index (χ2n) is 8.49. The zero-order valence-corrected chi connectivity index (χ0v) is 15.8. The predicted octanol–water partition coefficient (Wildman–Crippen LogP) is 5.44. The first kappa shape index (κ1) is 18.0.